The Morgan fingerprint density at radius 3 is 2.59 bits per heavy atom. The smallest absolute Gasteiger partial charge is 0.150 e. The molecule has 1 atom stereocenters. The fraction of sp³-hybridized carbons (Fsp3) is 0.400. The summed E-state index contributed by atoms with van der Waals surface area (Å²) in [5, 5.41) is 0. The van der Waals surface area contributed by atoms with Crippen molar-refractivity contribution in [3.05, 3.63) is 59.5 Å². The first kappa shape index (κ1) is 21.0. The van der Waals surface area contributed by atoms with Crippen LogP contribution in [0.4, 0.5) is 5.82 Å². The highest BCUT2D eigenvalue weighted by atomic mass is 14.9. The van der Waals surface area contributed by atoms with E-state index in [9.17, 15) is 0 Å². The third-order valence-corrected chi connectivity index (χ3v) is 5.62. The van der Waals surface area contributed by atoms with Gasteiger partial charge in [0.05, 0.1) is 11.9 Å². The van der Waals surface area contributed by atoms with Crippen LogP contribution in [0.5, 0.6) is 0 Å². The van der Waals surface area contributed by atoms with E-state index in [-0.39, 0.29) is 0 Å². The molecule has 2 aromatic heterocycles. The van der Waals surface area contributed by atoms with Crippen molar-refractivity contribution >= 4 is 5.82 Å². The molecule has 3 rings (SSSR count). The van der Waals surface area contributed by atoms with E-state index >= 15 is 0 Å². The van der Waals surface area contributed by atoms with Crippen molar-refractivity contribution in [3.63, 3.8) is 0 Å². The minimum atomic E-state index is 0.443. The molecule has 29 heavy (non-hydrogen) atoms. The fourth-order valence-electron chi connectivity index (χ4n) is 3.78. The number of benzene rings is 1. The molecule has 0 aliphatic heterocycles. The Morgan fingerprint density at radius 1 is 1.03 bits per heavy atom. The molecule has 4 heteroatoms. The Bertz CT molecular complexity index is 965. The van der Waals surface area contributed by atoms with Crippen molar-refractivity contribution in [2.24, 2.45) is 5.92 Å². The van der Waals surface area contributed by atoms with Gasteiger partial charge in [0.15, 0.2) is 0 Å². The van der Waals surface area contributed by atoms with Gasteiger partial charge in [0.1, 0.15) is 11.5 Å². The summed E-state index contributed by atoms with van der Waals surface area (Å²) in [7, 11) is 0. The average Bonchev–Trinajstić information content (AvgIpc) is 2.72. The number of aryl methyl sites for hydroxylation is 2. The van der Waals surface area contributed by atoms with E-state index < -0.39 is 0 Å². The normalized spacial score (nSPS) is 12.1. The molecular weight excluding hydrogens is 356 g/mol. The number of rotatable bonds is 8. The van der Waals surface area contributed by atoms with E-state index in [0.29, 0.717) is 11.5 Å². The summed E-state index contributed by atoms with van der Waals surface area (Å²) < 4.78 is 0. The van der Waals surface area contributed by atoms with Crippen molar-refractivity contribution in [1.82, 2.24) is 15.0 Å². The van der Waals surface area contributed by atoms with Crippen LogP contribution in [-0.4, -0.2) is 15.0 Å². The summed E-state index contributed by atoms with van der Waals surface area (Å²) >= 11 is 0. The van der Waals surface area contributed by atoms with E-state index in [1.807, 2.05) is 19.1 Å². The van der Waals surface area contributed by atoms with Gasteiger partial charge in [0, 0.05) is 23.0 Å². The second kappa shape index (κ2) is 9.64. The van der Waals surface area contributed by atoms with Gasteiger partial charge in [-0.1, -0.05) is 51.7 Å². The Kier molecular flexibility index (Phi) is 6.97. The van der Waals surface area contributed by atoms with E-state index in [1.165, 1.54) is 36.8 Å². The molecule has 4 nitrogen and oxygen atoms in total. The van der Waals surface area contributed by atoms with Crippen LogP contribution in [0.25, 0.3) is 22.5 Å². The second-order valence-corrected chi connectivity index (χ2v) is 7.94. The molecule has 1 unspecified atom stereocenters. The quantitative estimate of drug-likeness (QED) is 0.501. The maximum absolute atomic E-state index is 6.15. The van der Waals surface area contributed by atoms with E-state index in [1.54, 1.807) is 12.4 Å². The molecule has 0 aliphatic carbocycles. The van der Waals surface area contributed by atoms with Crippen LogP contribution >= 0.6 is 0 Å². The zero-order valence-electron chi connectivity index (χ0n) is 18.1. The number of unbranched alkanes of at least 4 members (excludes halogenated alkanes) is 1. The van der Waals surface area contributed by atoms with Crippen LogP contribution < -0.4 is 5.73 Å². The molecule has 0 fully saturated rings. The standard InChI is InChI=1S/C25H32N4/c1-5-7-8-19(6-2)14-20-10-9-17(3)22(15-20)23-16-28-25(26)24(29-23)21-11-12-27-18(4)13-21/h9-13,15-16,19H,5-8,14H2,1-4H3,(H2,26,28). The SMILES string of the molecule is CCCCC(CC)Cc1ccc(C)c(-c2cnc(N)c(-c3ccnc(C)c3)n2)c1. The van der Waals surface area contributed by atoms with Crippen LogP contribution in [0.3, 0.4) is 0 Å². The Balaban J connectivity index is 1.95. The van der Waals surface area contributed by atoms with Gasteiger partial charge in [0.25, 0.3) is 0 Å². The van der Waals surface area contributed by atoms with Gasteiger partial charge in [-0.05, 0) is 55.5 Å². The lowest BCUT2D eigenvalue weighted by Gasteiger charge is -2.16. The topological polar surface area (TPSA) is 64.7 Å². The maximum Gasteiger partial charge on any atom is 0.150 e. The molecule has 2 heterocycles. The Hall–Kier alpha value is -2.75. The van der Waals surface area contributed by atoms with Crippen molar-refractivity contribution in [2.75, 3.05) is 5.73 Å². The summed E-state index contributed by atoms with van der Waals surface area (Å²) in [6, 6.07) is 10.7. The first-order chi connectivity index (χ1) is 14.0. The van der Waals surface area contributed by atoms with E-state index in [0.717, 1.165) is 34.9 Å². The van der Waals surface area contributed by atoms with Crippen molar-refractivity contribution in [1.29, 1.82) is 0 Å². The number of hydrogen-bond acceptors (Lipinski definition) is 4. The largest absolute Gasteiger partial charge is 0.382 e. The fourth-order valence-corrected chi connectivity index (χ4v) is 3.78. The van der Waals surface area contributed by atoms with Crippen LogP contribution in [-0.2, 0) is 6.42 Å². The molecule has 0 spiro atoms. The number of nitrogens with zero attached hydrogens (tertiary/aromatic N) is 3. The Morgan fingerprint density at radius 2 is 1.86 bits per heavy atom. The molecule has 0 bridgehead atoms. The molecule has 0 saturated heterocycles. The molecular formula is C25H32N4. The van der Waals surface area contributed by atoms with Crippen LogP contribution in [0.15, 0.2) is 42.7 Å². The molecule has 152 valence electrons. The van der Waals surface area contributed by atoms with Gasteiger partial charge in [-0.25, -0.2) is 9.97 Å². The predicted octanol–water partition coefficient (Wildman–Crippen LogP) is 6.16. The number of pyridine rings is 1. The number of nitrogens with two attached hydrogens (primary N) is 1. The second-order valence-electron chi connectivity index (χ2n) is 7.94. The van der Waals surface area contributed by atoms with Crippen LogP contribution in [0, 0.1) is 19.8 Å². The maximum atomic E-state index is 6.15. The van der Waals surface area contributed by atoms with Gasteiger partial charge in [-0.15, -0.1) is 0 Å². The lowest BCUT2D eigenvalue weighted by atomic mass is 9.90. The van der Waals surface area contributed by atoms with Crippen LogP contribution in [0.1, 0.15) is 56.4 Å². The molecule has 0 saturated carbocycles. The van der Waals surface area contributed by atoms with E-state index in [2.05, 4.69) is 48.9 Å². The van der Waals surface area contributed by atoms with Crippen molar-refractivity contribution in [3.8, 4) is 22.5 Å². The highest BCUT2D eigenvalue weighted by Gasteiger charge is 2.13. The highest BCUT2D eigenvalue weighted by molar-refractivity contribution is 5.74. The third kappa shape index (κ3) is 5.20. The number of nitrogen functional groups attached to an aromatic ring is 1. The zero-order chi connectivity index (χ0) is 20.8. The number of hydrogen-bond donors (Lipinski definition) is 1. The van der Waals surface area contributed by atoms with Crippen LogP contribution in [0.2, 0.25) is 0 Å². The van der Waals surface area contributed by atoms with Gasteiger partial charge in [-0.3, -0.25) is 4.98 Å². The number of anilines is 1. The first-order valence-corrected chi connectivity index (χ1v) is 10.7. The monoisotopic (exact) mass is 388 g/mol. The first-order valence-electron chi connectivity index (χ1n) is 10.7. The lowest BCUT2D eigenvalue weighted by Crippen LogP contribution is -2.04. The highest BCUT2D eigenvalue weighted by Crippen LogP contribution is 2.29. The van der Waals surface area contributed by atoms with Gasteiger partial charge in [-0.2, -0.15) is 0 Å². The molecule has 3 aromatic rings. The van der Waals surface area contributed by atoms with Gasteiger partial charge >= 0.3 is 0 Å². The summed E-state index contributed by atoms with van der Waals surface area (Å²) in [5.74, 6) is 1.18. The Labute approximate surface area is 174 Å². The molecule has 2 N–H and O–H groups in total. The number of aromatic nitrogens is 3. The minimum Gasteiger partial charge on any atom is -0.382 e. The van der Waals surface area contributed by atoms with E-state index in [4.69, 9.17) is 10.7 Å². The van der Waals surface area contributed by atoms with Crippen molar-refractivity contribution in [2.45, 2.75) is 59.8 Å². The van der Waals surface area contributed by atoms with Gasteiger partial charge < -0.3 is 5.73 Å². The molecule has 0 amide bonds. The zero-order valence-corrected chi connectivity index (χ0v) is 18.1. The summed E-state index contributed by atoms with van der Waals surface area (Å²) in [4.78, 5) is 13.6. The predicted molar refractivity (Wildman–Crippen MR) is 122 cm³/mol. The summed E-state index contributed by atoms with van der Waals surface area (Å²) in [6.07, 6.45) is 9.75. The molecule has 0 radical (unpaired) electrons. The minimum absolute atomic E-state index is 0.443. The summed E-state index contributed by atoms with van der Waals surface area (Å²) in [6.45, 7) is 8.65. The van der Waals surface area contributed by atoms with Gasteiger partial charge in [0.2, 0.25) is 0 Å². The lowest BCUT2D eigenvalue weighted by molar-refractivity contribution is 0.449. The van der Waals surface area contributed by atoms with Crippen molar-refractivity contribution < 1.29 is 0 Å². The average molecular weight is 389 g/mol. The summed E-state index contributed by atoms with van der Waals surface area (Å²) in [5.41, 5.74) is 13.3. The third-order valence-electron chi connectivity index (χ3n) is 5.62. The molecule has 0 aliphatic rings. The molecule has 1 aromatic carbocycles.